The Morgan fingerprint density at radius 1 is 1.17 bits per heavy atom. The molecule has 0 amide bonds. The van der Waals surface area contributed by atoms with E-state index >= 15 is 0 Å². The first-order valence-electron chi connectivity index (χ1n) is 7.98. The molecule has 0 radical (unpaired) electrons. The number of aromatic amines is 1. The van der Waals surface area contributed by atoms with Gasteiger partial charge in [0.15, 0.2) is 5.43 Å². The number of nitrogens with one attached hydrogen (secondary N) is 1. The van der Waals surface area contributed by atoms with Crippen molar-refractivity contribution in [2.24, 2.45) is 0 Å². The van der Waals surface area contributed by atoms with Gasteiger partial charge in [-0.1, -0.05) is 6.07 Å². The van der Waals surface area contributed by atoms with E-state index in [1.807, 2.05) is 26.0 Å². The van der Waals surface area contributed by atoms with Gasteiger partial charge in [0.05, 0.1) is 0 Å². The van der Waals surface area contributed by atoms with E-state index in [1.165, 1.54) is 0 Å². The number of aryl methyl sites for hydroxylation is 1. The van der Waals surface area contributed by atoms with Gasteiger partial charge in [0, 0.05) is 67.5 Å². The van der Waals surface area contributed by atoms with Gasteiger partial charge >= 0.3 is 0 Å². The second-order valence-electron chi connectivity index (χ2n) is 6.19. The number of aromatic hydroxyl groups is 1. The number of hydrogen-bond donors (Lipinski definition) is 2. The second-order valence-corrected chi connectivity index (χ2v) is 6.19. The predicted octanol–water partition coefficient (Wildman–Crippen LogP) is 2.02. The maximum Gasteiger partial charge on any atom is 0.187 e. The molecule has 0 spiro atoms. The van der Waals surface area contributed by atoms with Crippen LogP contribution in [0, 0.1) is 13.8 Å². The highest BCUT2D eigenvalue weighted by atomic mass is 16.3. The number of phenolic OH excluding ortho intramolecular Hbond substituents is 1. The molecule has 1 fully saturated rings. The summed E-state index contributed by atoms with van der Waals surface area (Å²) < 4.78 is 0. The van der Waals surface area contributed by atoms with Crippen molar-refractivity contribution < 1.29 is 5.11 Å². The van der Waals surface area contributed by atoms with E-state index in [-0.39, 0.29) is 5.43 Å². The van der Waals surface area contributed by atoms with Crippen LogP contribution in [0.3, 0.4) is 0 Å². The molecule has 5 heteroatoms. The highest BCUT2D eigenvalue weighted by Gasteiger charge is 2.18. The smallest absolute Gasteiger partial charge is 0.187 e. The van der Waals surface area contributed by atoms with Crippen LogP contribution >= 0.6 is 0 Å². The van der Waals surface area contributed by atoms with Crippen molar-refractivity contribution in [3.05, 3.63) is 57.5 Å². The van der Waals surface area contributed by atoms with Gasteiger partial charge in [0.2, 0.25) is 0 Å². The predicted molar refractivity (Wildman–Crippen MR) is 92.1 cm³/mol. The zero-order valence-corrected chi connectivity index (χ0v) is 13.7. The highest BCUT2D eigenvalue weighted by molar-refractivity contribution is 5.50. The lowest BCUT2D eigenvalue weighted by molar-refractivity contribution is 0.246. The van der Waals surface area contributed by atoms with Gasteiger partial charge < -0.3 is 15.0 Å². The Labute approximate surface area is 136 Å². The molecule has 1 aromatic carbocycles. The first-order valence-corrected chi connectivity index (χ1v) is 7.98. The minimum atomic E-state index is 0.136. The van der Waals surface area contributed by atoms with Gasteiger partial charge in [0.1, 0.15) is 5.75 Å². The molecule has 0 aliphatic carbocycles. The van der Waals surface area contributed by atoms with Gasteiger partial charge in [-0.25, -0.2) is 0 Å². The molecule has 5 nitrogen and oxygen atoms in total. The molecule has 1 aliphatic rings. The van der Waals surface area contributed by atoms with Crippen LogP contribution in [0.5, 0.6) is 5.75 Å². The summed E-state index contributed by atoms with van der Waals surface area (Å²) in [6, 6.07) is 7.39. The van der Waals surface area contributed by atoms with Crippen LogP contribution < -0.4 is 10.3 Å². The topological polar surface area (TPSA) is 59.6 Å². The molecule has 2 heterocycles. The number of hydrogen-bond acceptors (Lipinski definition) is 4. The number of aromatic nitrogens is 1. The van der Waals surface area contributed by atoms with Crippen molar-refractivity contribution in [3.63, 3.8) is 0 Å². The number of piperazine rings is 1. The summed E-state index contributed by atoms with van der Waals surface area (Å²) in [6.45, 7) is 8.20. The fourth-order valence-electron chi connectivity index (χ4n) is 3.04. The Bertz CT molecular complexity index is 746. The Morgan fingerprint density at radius 3 is 2.61 bits per heavy atom. The van der Waals surface area contributed by atoms with Crippen LogP contribution in [0.1, 0.15) is 16.8 Å². The van der Waals surface area contributed by atoms with E-state index < -0.39 is 0 Å². The minimum absolute atomic E-state index is 0.136. The van der Waals surface area contributed by atoms with Crippen molar-refractivity contribution in [2.75, 3.05) is 31.1 Å². The lowest BCUT2D eigenvalue weighted by Crippen LogP contribution is -2.46. The van der Waals surface area contributed by atoms with Gasteiger partial charge in [-0.2, -0.15) is 0 Å². The van der Waals surface area contributed by atoms with Crippen molar-refractivity contribution >= 4 is 5.69 Å². The Morgan fingerprint density at radius 2 is 1.91 bits per heavy atom. The highest BCUT2D eigenvalue weighted by Crippen LogP contribution is 2.21. The number of anilines is 1. The largest absolute Gasteiger partial charge is 0.508 e. The number of pyridine rings is 1. The molecule has 1 aromatic heterocycles. The molecule has 3 rings (SSSR count). The maximum absolute atomic E-state index is 12.0. The maximum atomic E-state index is 12.0. The molecule has 1 aliphatic heterocycles. The third-order valence-corrected chi connectivity index (χ3v) is 4.56. The lowest BCUT2D eigenvalue weighted by Gasteiger charge is -2.36. The number of rotatable bonds is 3. The molecule has 0 bridgehead atoms. The number of phenols is 1. The van der Waals surface area contributed by atoms with Crippen molar-refractivity contribution in [2.45, 2.75) is 20.4 Å². The molecule has 0 atom stereocenters. The lowest BCUT2D eigenvalue weighted by atomic mass is 10.1. The average Bonchev–Trinajstić information content (AvgIpc) is 2.56. The zero-order chi connectivity index (χ0) is 16.4. The normalized spacial score (nSPS) is 15.8. The summed E-state index contributed by atoms with van der Waals surface area (Å²) in [5.41, 5.74) is 3.79. The third kappa shape index (κ3) is 3.40. The van der Waals surface area contributed by atoms with E-state index in [4.69, 9.17) is 0 Å². The molecule has 1 saturated heterocycles. The average molecular weight is 313 g/mol. The molecule has 2 aromatic rings. The summed E-state index contributed by atoms with van der Waals surface area (Å²) >= 11 is 0. The van der Waals surface area contributed by atoms with Crippen LogP contribution in [0.2, 0.25) is 0 Å². The fourth-order valence-corrected chi connectivity index (χ4v) is 3.04. The van der Waals surface area contributed by atoms with Crippen LogP contribution in [0.15, 0.2) is 35.3 Å². The minimum Gasteiger partial charge on any atom is -0.508 e. The Hall–Kier alpha value is -2.27. The number of benzene rings is 1. The molecule has 122 valence electrons. The summed E-state index contributed by atoms with van der Waals surface area (Å²) in [7, 11) is 0. The Balaban J connectivity index is 1.64. The summed E-state index contributed by atoms with van der Waals surface area (Å²) in [5, 5.41) is 9.60. The summed E-state index contributed by atoms with van der Waals surface area (Å²) in [5.74, 6) is 0.304. The van der Waals surface area contributed by atoms with Crippen LogP contribution in [-0.2, 0) is 6.54 Å². The number of H-pyrrole nitrogens is 1. The molecular weight excluding hydrogens is 290 g/mol. The fraction of sp³-hybridized carbons (Fsp3) is 0.389. The van der Waals surface area contributed by atoms with Crippen molar-refractivity contribution in [1.82, 2.24) is 9.88 Å². The monoisotopic (exact) mass is 313 g/mol. The van der Waals surface area contributed by atoms with Crippen molar-refractivity contribution in [3.8, 4) is 5.75 Å². The Kier molecular flexibility index (Phi) is 4.39. The van der Waals surface area contributed by atoms with E-state index in [0.29, 0.717) is 5.75 Å². The van der Waals surface area contributed by atoms with Crippen molar-refractivity contribution in [1.29, 1.82) is 0 Å². The standard InChI is InChI=1S/C18H23N3O2/c1-13-11-19-17(14(2)18(13)23)12-20-6-8-21(9-7-20)15-4-3-5-16(22)10-15/h3-5,10-11,22H,6-9,12H2,1-2H3,(H,19,23). The zero-order valence-electron chi connectivity index (χ0n) is 13.7. The molecular formula is C18H23N3O2. The molecule has 0 unspecified atom stereocenters. The van der Waals surface area contributed by atoms with E-state index in [9.17, 15) is 9.90 Å². The second kappa shape index (κ2) is 6.46. The quantitative estimate of drug-likeness (QED) is 0.910. The van der Waals surface area contributed by atoms with Gasteiger partial charge in [-0.15, -0.1) is 0 Å². The molecule has 0 saturated carbocycles. The number of nitrogens with zero attached hydrogens (tertiary/aromatic N) is 2. The van der Waals surface area contributed by atoms with Gasteiger partial charge in [-0.3, -0.25) is 9.69 Å². The van der Waals surface area contributed by atoms with Crippen LogP contribution in [0.4, 0.5) is 5.69 Å². The van der Waals surface area contributed by atoms with E-state index in [2.05, 4.69) is 14.8 Å². The van der Waals surface area contributed by atoms with Crippen LogP contribution in [-0.4, -0.2) is 41.2 Å². The summed E-state index contributed by atoms with van der Waals surface area (Å²) in [6.07, 6.45) is 1.80. The first kappa shape index (κ1) is 15.6. The van der Waals surface area contributed by atoms with Gasteiger partial charge in [0.25, 0.3) is 0 Å². The van der Waals surface area contributed by atoms with Crippen LogP contribution in [0.25, 0.3) is 0 Å². The molecule has 23 heavy (non-hydrogen) atoms. The first-order chi connectivity index (χ1) is 11.0. The third-order valence-electron chi connectivity index (χ3n) is 4.56. The van der Waals surface area contributed by atoms with E-state index in [0.717, 1.165) is 55.2 Å². The van der Waals surface area contributed by atoms with E-state index in [1.54, 1.807) is 18.3 Å². The van der Waals surface area contributed by atoms with Gasteiger partial charge in [-0.05, 0) is 26.0 Å². The SMILES string of the molecule is Cc1c[nH]c(CN2CCN(c3cccc(O)c3)CC2)c(C)c1=O. The summed E-state index contributed by atoms with van der Waals surface area (Å²) in [4.78, 5) is 19.9. The molecule has 2 N–H and O–H groups in total.